The first kappa shape index (κ1) is 10.0. The van der Waals surface area contributed by atoms with Crippen LogP contribution in [0.2, 0.25) is 0 Å². The number of rotatable bonds is 2. The van der Waals surface area contributed by atoms with E-state index in [1.165, 1.54) is 7.11 Å². The molecule has 3 nitrogen and oxygen atoms in total. The van der Waals surface area contributed by atoms with Crippen LogP contribution in [0.3, 0.4) is 0 Å². The molecule has 0 amide bonds. The average molecular weight is 206 g/mol. The van der Waals surface area contributed by atoms with Crippen molar-refractivity contribution in [3.63, 3.8) is 0 Å². The van der Waals surface area contributed by atoms with Gasteiger partial charge in [0.1, 0.15) is 5.75 Å². The summed E-state index contributed by atoms with van der Waals surface area (Å²) < 4.78 is 4.79. The number of aryl methyl sites for hydroxylation is 1. The zero-order valence-electron chi connectivity index (χ0n) is 8.91. The molecule has 0 saturated heterocycles. The predicted octanol–water partition coefficient (Wildman–Crippen LogP) is 1.91. The van der Waals surface area contributed by atoms with E-state index >= 15 is 0 Å². The molecule has 1 aliphatic carbocycles. The van der Waals surface area contributed by atoms with Gasteiger partial charge in [-0.05, 0) is 43.0 Å². The summed E-state index contributed by atoms with van der Waals surface area (Å²) in [5.74, 6) is 0.00711. The van der Waals surface area contributed by atoms with Crippen LogP contribution in [0.15, 0.2) is 18.2 Å². The SMILES string of the molecule is COC(=O)C1(c2cc(C)cc(O)c2)CC1. The summed E-state index contributed by atoms with van der Waals surface area (Å²) in [4.78, 5) is 11.6. The molecule has 1 aliphatic rings. The second kappa shape index (κ2) is 3.26. The van der Waals surface area contributed by atoms with Gasteiger partial charge in [-0.2, -0.15) is 0 Å². The number of hydrogen-bond acceptors (Lipinski definition) is 3. The van der Waals surface area contributed by atoms with E-state index in [4.69, 9.17) is 4.74 Å². The van der Waals surface area contributed by atoms with Crippen molar-refractivity contribution in [1.82, 2.24) is 0 Å². The number of phenols is 1. The normalized spacial score (nSPS) is 17.2. The number of hydrogen-bond donors (Lipinski definition) is 1. The van der Waals surface area contributed by atoms with Crippen LogP contribution < -0.4 is 0 Å². The van der Waals surface area contributed by atoms with Crippen LogP contribution in [0.25, 0.3) is 0 Å². The Labute approximate surface area is 88.7 Å². The van der Waals surface area contributed by atoms with Gasteiger partial charge in [0.2, 0.25) is 0 Å². The number of ether oxygens (including phenoxy) is 1. The van der Waals surface area contributed by atoms with Gasteiger partial charge < -0.3 is 9.84 Å². The van der Waals surface area contributed by atoms with Gasteiger partial charge in [-0.3, -0.25) is 4.79 Å². The summed E-state index contributed by atoms with van der Waals surface area (Å²) in [6, 6.07) is 5.26. The lowest BCUT2D eigenvalue weighted by atomic mass is 9.94. The fraction of sp³-hybridized carbons (Fsp3) is 0.417. The summed E-state index contributed by atoms with van der Waals surface area (Å²) in [6.07, 6.45) is 1.62. The van der Waals surface area contributed by atoms with Crippen molar-refractivity contribution >= 4 is 5.97 Å². The summed E-state index contributed by atoms with van der Waals surface area (Å²) in [7, 11) is 1.40. The van der Waals surface area contributed by atoms with Gasteiger partial charge in [0.25, 0.3) is 0 Å². The van der Waals surface area contributed by atoms with E-state index in [1.807, 2.05) is 13.0 Å². The van der Waals surface area contributed by atoms with Crippen molar-refractivity contribution in [3.8, 4) is 5.75 Å². The molecule has 0 spiro atoms. The summed E-state index contributed by atoms with van der Waals surface area (Å²) >= 11 is 0. The largest absolute Gasteiger partial charge is 0.508 e. The van der Waals surface area contributed by atoms with E-state index < -0.39 is 5.41 Å². The predicted molar refractivity (Wildman–Crippen MR) is 55.8 cm³/mol. The van der Waals surface area contributed by atoms with E-state index in [2.05, 4.69) is 0 Å². The molecule has 0 radical (unpaired) electrons. The first-order valence-electron chi connectivity index (χ1n) is 4.98. The lowest BCUT2D eigenvalue weighted by Gasteiger charge is -2.13. The third kappa shape index (κ3) is 1.58. The van der Waals surface area contributed by atoms with E-state index in [-0.39, 0.29) is 11.7 Å². The highest BCUT2D eigenvalue weighted by Gasteiger charge is 2.52. The molecule has 0 aromatic heterocycles. The fourth-order valence-electron chi connectivity index (χ4n) is 1.97. The van der Waals surface area contributed by atoms with Crippen LogP contribution in [0.5, 0.6) is 5.75 Å². The maximum Gasteiger partial charge on any atom is 0.316 e. The van der Waals surface area contributed by atoms with Gasteiger partial charge in [0.15, 0.2) is 0 Å². The molecule has 0 atom stereocenters. The highest BCUT2D eigenvalue weighted by molar-refractivity contribution is 5.86. The minimum atomic E-state index is -0.488. The molecule has 0 aliphatic heterocycles. The maximum atomic E-state index is 11.6. The molecule has 0 bridgehead atoms. The highest BCUT2D eigenvalue weighted by Crippen LogP contribution is 2.49. The zero-order chi connectivity index (χ0) is 11.1. The smallest absolute Gasteiger partial charge is 0.316 e. The van der Waals surface area contributed by atoms with Crippen molar-refractivity contribution in [2.24, 2.45) is 0 Å². The van der Waals surface area contributed by atoms with Crippen LogP contribution in [0, 0.1) is 6.92 Å². The Morgan fingerprint density at radius 1 is 1.40 bits per heavy atom. The van der Waals surface area contributed by atoms with Gasteiger partial charge in [-0.25, -0.2) is 0 Å². The Morgan fingerprint density at radius 3 is 2.53 bits per heavy atom. The first-order chi connectivity index (χ1) is 7.08. The topological polar surface area (TPSA) is 46.5 Å². The van der Waals surface area contributed by atoms with Gasteiger partial charge >= 0.3 is 5.97 Å². The van der Waals surface area contributed by atoms with E-state index in [0.29, 0.717) is 0 Å². The van der Waals surface area contributed by atoms with Crippen molar-refractivity contribution in [3.05, 3.63) is 29.3 Å². The molecule has 1 fully saturated rings. The highest BCUT2D eigenvalue weighted by atomic mass is 16.5. The van der Waals surface area contributed by atoms with Gasteiger partial charge in [-0.1, -0.05) is 6.07 Å². The van der Waals surface area contributed by atoms with E-state index in [1.54, 1.807) is 12.1 Å². The minimum absolute atomic E-state index is 0.201. The van der Waals surface area contributed by atoms with Crippen molar-refractivity contribution in [1.29, 1.82) is 0 Å². The lowest BCUT2D eigenvalue weighted by Crippen LogP contribution is -2.21. The molecule has 2 rings (SSSR count). The number of carbonyl (C=O) groups is 1. The summed E-state index contributed by atoms with van der Waals surface area (Å²) in [6.45, 7) is 1.90. The Balaban J connectivity index is 2.41. The molecule has 3 heteroatoms. The Hall–Kier alpha value is -1.51. The van der Waals surface area contributed by atoms with E-state index in [0.717, 1.165) is 24.0 Å². The standard InChI is InChI=1S/C12H14O3/c1-8-5-9(7-10(13)6-8)12(3-4-12)11(14)15-2/h5-7,13H,3-4H2,1-2H3. The van der Waals surface area contributed by atoms with E-state index in [9.17, 15) is 9.90 Å². The van der Waals surface area contributed by atoms with Crippen LogP contribution in [-0.4, -0.2) is 18.2 Å². The van der Waals surface area contributed by atoms with Gasteiger partial charge in [0, 0.05) is 0 Å². The molecular formula is C12H14O3. The fourth-order valence-corrected chi connectivity index (χ4v) is 1.97. The molecule has 80 valence electrons. The number of methoxy groups -OCH3 is 1. The number of esters is 1. The zero-order valence-corrected chi connectivity index (χ0v) is 8.91. The van der Waals surface area contributed by atoms with Crippen LogP contribution in [0.4, 0.5) is 0 Å². The molecule has 1 aromatic rings. The molecule has 0 unspecified atom stereocenters. The first-order valence-corrected chi connectivity index (χ1v) is 4.98. The van der Waals surface area contributed by atoms with Crippen molar-refractivity contribution < 1.29 is 14.6 Å². The molecule has 1 saturated carbocycles. The third-order valence-corrected chi connectivity index (χ3v) is 2.94. The Bertz CT molecular complexity index is 385. The summed E-state index contributed by atoms with van der Waals surface area (Å²) in [5, 5.41) is 9.49. The monoisotopic (exact) mass is 206 g/mol. The molecule has 0 heterocycles. The summed E-state index contributed by atoms with van der Waals surface area (Å²) in [5.41, 5.74) is 1.34. The maximum absolute atomic E-state index is 11.6. The van der Waals surface area contributed by atoms with Gasteiger partial charge in [0.05, 0.1) is 12.5 Å². The van der Waals surface area contributed by atoms with Crippen LogP contribution >= 0.6 is 0 Å². The van der Waals surface area contributed by atoms with Crippen molar-refractivity contribution in [2.45, 2.75) is 25.2 Å². The minimum Gasteiger partial charge on any atom is -0.508 e. The molecular weight excluding hydrogens is 192 g/mol. The quantitative estimate of drug-likeness (QED) is 0.752. The van der Waals surface area contributed by atoms with Crippen LogP contribution in [-0.2, 0) is 14.9 Å². The third-order valence-electron chi connectivity index (χ3n) is 2.94. The number of aromatic hydroxyl groups is 1. The number of benzene rings is 1. The van der Waals surface area contributed by atoms with Gasteiger partial charge in [-0.15, -0.1) is 0 Å². The number of carbonyl (C=O) groups excluding carboxylic acids is 1. The van der Waals surface area contributed by atoms with Crippen LogP contribution in [0.1, 0.15) is 24.0 Å². The average Bonchev–Trinajstić information content (AvgIpc) is 2.96. The molecule has 15 heavy (non-hydrogen) atoms. The molecule has 1 aromatic carbocycles. The van der Waals surface area contributed by atoms with Crippen molar-refractivity contribution in [2.75, 3.05) is 7.11 Å². The number of phenolic OH excluding ortho intramolecular Hbond substituents is 1. The second-order valence-corrected chi connectivity index (χ2v) is 4.13. The Morgan fingerprint density at radius 2 is 2.07 bits per heavy atom. The lowest BCUT2D eigenvalue weighted by molar-refractivity contribution is -0.143. The second-order valence-electron chi connectivity index (χ2n) is 4.13. The molecule has 1 N–H and O–H groups in total. The Kier molecular flexibility index (Phi) is 2.18.